The number of alkyl halides is 3. The third-order valence-corrected chi connectivity index (χ3v) is 8.53. The van der Waals surface area contributed by atoms with Gasteiger partial charge in [0.05, 0.1) is 23.8 Å². The first-order valence-corrected chi connectivity index (χ1v) is 15.8. The number of nitrogens with zero attached hydrogens (tertiary/aromatic N) is 1. The molecule has 0 aliphatic rings. The lowest BCUT2D eigenvalue weighted by molar-refractivity contribution is -0.137. The Hall–Kier alpha value is -5.21. The predicted molar refractivity (Wildman–Crippen MR) is 183 cm³/mol. The van der Waals surface area contributed by atoms with Crippen molar-refractivity contribution < 1.29 is 27.8 Å². The van der Waals surface area contributed by atoms with Gasteiger partial charge < -0.3 is 19.7 Å². The second-order valence-corrected chi connectivity index (χ2v) is 11.8. The van der Waals surface area contributed by atoms with Gasteiger partial charge in [-0.05, 0) is 83.4 Å². The molecule has 6 aromatic rings. The van der Waals surface area contributed by atoms with Crippen LogP contribution in [0.2, 0.25) is 5.02 Å². The topological polar surface area (TPSA) is 63.5 Å². The van der Waals surface area contributed by atoms with Crippen molar-refractivity contribution >= 4 is 34.2 Å². The lowest BCUT2D eigenvalue weighted by atomic mass is 9.97. The molecule has 1 heterocycles. The highest BCUT2D eigenvalue weighted by molar-refractivity contribution is 6.31. The number of halogens is 4. The largest absolute Gasteiger partial charge is 0.493 e. The number of nitrogens with one attached hydrogen (secondary N) is 1. The summed E-state index contributed by atoms with van der Waals surface area (Å²) in [5.41, 5.74) is 5.32. The van der Waals surface area contributed by atoms with Crippen LogP contribution in [0, 0.1) is 0 Å². The number of carboxylic acid groups (broad SMARTS) is 1. The number of aromatic nitrogens is 1. The lowest BCUT2D eigenvalue weighted by Gasteiger charge is -2.25. The van der Waals surface area contributed by atoms with Gasteiger partial charge in [0.1, 0.15) is 5.75 Å². The molecule has 2 N–H and O–H groups in total. The number of hydrogen-bond donors (Lipinski definition) is 2. The van der Waals surface area contributed by atoms with E-state index in [0.29, 0.717) is 42.5 Å². The average Bonchev–Trinajstić information content (AvgIpc) is 3.37. The van der Waals surface area contributed by atoms with E-state index in [1.165, 1.54) is 24.3 Å². The number of rotatable bonds is 12. The van der Waals surface area contributed by atoms with Gasteiger partial charge in [0.25, 0.3) is 0 Å². The van der Waals surface area contributed by atoms with E-state index in [1.54, 1.807) is 12.1 Å². The van der Waals surface area contributed by atoms with Crippen molar-refractivity contribution in [1.29, 1.82) is 0 Å². The predicted octanol–water partition coefficient (Wildman–Crippen LogP) is 9.93. The van der Waals surface area contributed by atoms with Crippen LogP contribution in [0.1, 0.15) is 44.3 Å². The number of benzene rings is 5. The smallest absolute Gasteiger partial charge is 0.416 e. The first kappa shape index (κ1) is 32.7. The number of hydrogen-bond acceptors (Lipinski definition) is 3. The van der Waals surface area contributed by atoms with Crippen molar-refractivity contribution in [3.05, 3.63) is 166 Å². The summed E-state index contributed by atoms with van der Waals surface area (Å²) in [5, 5.41) is 14.1. The highest BCUT2D eigenvalue weighted by Gasteiger charge is 2.30. The highest BCUT2D eigenvalue weighted by Crippen LogP contribution is 2.38. The maximum Gasteiger partial charge on any atom is 0.416 e. The summed E-state index contributed by atoms with van der Waals surface area (Å²) in [4.78, 5) is 11.3. The normalized spacial score (nSPS) is 11.6. The van der Waals surface area contributed by atoms with Gasteiger partial charge in [-0.2, -0.15) is 13.2 Å². The molecule has 0 unspecified atom stereocenters. The fourth-order valence-electron chi connectivity index (χ4n) is 6.08. The van der Waals surface area contributed by atoms with Gasteiger partial charge in [0.15, 0.2) is 0 Å². The van der Waals surface area contributed by atoms with Crippen LogP contribution < -0.4 is 10.1 Å². The van der Waals surface area contributed by atoms with Crippen molar-refractivity contribution in [3.8, 4) is 5.75 Å². The molecule has 0 aliphatic carbocycles. The molecule has 9 heteroatoms. The maximum atomic E-state index is 13.2. The average molecular weight is 669 g/mol. The van der Waals surface area contributed by atoms with E-state index in [9.17, 15) is 23.1 Å². The minimum Gasteiger partial charge on any atom is -0.493 e. The van der Waals surface area contributed by atoms with E-state index in [-0.39, 0.29) is 11.6 Å². The van der Waals surface area contributed by atoms with Crippen molar-refractivity contribution in [2.24, 2.45) is 0 Å². The first-order valence-electron chi connectivity index (χ1n) is 15.5. The monoisotopic (exact) mass is 668 g/mol. The number of aromatic carboxylic acids is 1. The summed E-state index contributed by atoms with van der Waals surface area (Å²) in [6.45, 7) is 0.773. The van der Waals surface area contributed by atoms with Crippen LogP contribution in [-0.2, 0) is 19.0 Å². The Kier molecular flexibility index (Phi) is 9.73. The zero-order chi connectivity index (χ0) is 33.7. The number of carbonyl (C=O) groups is 1. The number of fused-ring (bicyclic) bond motifs is 1. The summed E-state index contributed by atoms with van der Waals surface area (Å²) in [6.07, 6.45) is -3.33. The zero-order valence-electron chi connectivity index (χ0n) is 25.8. The van der Waals surface area contributed by atoms with Gasteiger partial charge in [0, 0.05) is 46.7 Å². The van der Waals surface area contributed by atoms with Crippen molar-refractivity contribution in [2.45, 2.75) is 25.1 Å². The van der Waals surface area contributed by atoms with E-state index < -0.39 is 17.7 Å². The van der Waals surface area contributed by atoms with Gasteiger partial charge in [-0.15, -0.1) is 0 Å². The van der Waals surface area contributed by atoms with E-state index in [4.69, 9.17) is 16.3 Å². The Labute approximate surface area is 281 Å². The molecule has 0 aliphatic heterocycles. The Morgan fingerprint density at radius 2 is 1.44 bits per heavy atom. The van der Waals surface area contributed by atoms with E-state index in [1.807, 2.05) is 54.6 Å². The quantitative estimate of drug-likeness (QED) is 0.136. The molecule has 0 saturated carbocycles. The van der Waals surface area contributed by atoms with E-state index in [0.717, 1.165) is 45.4 Å². The van der Waals surface area contributed by atoms with Crippen LogP contribution in [0.15, 0.2) is 127 Å². The maximum absolute atomic E-state index is 13.2. The second-order valence-electron chi connectivity index (χ2n) is 11.4. The molecule has 48 heavy (non-hydrogen) atoms. The second kappa shape index (κ2) is 14.3. The molecule has 0 fully saturated rings. The SMILES string of the molecule is O=C(O)c1ccc(OCCc2c(CCNc3ccc(C(F)(F)F)cc3)n(C(c3ccccc3)c3ccccc3)c3ccc(Cl)cc23)cc1. The van der Waals surface area contributed by atoms with Gasteiger partial charge in [-0.25, -0.2) is 4.79 Å². The molecule has 244 valence electrons. The fourth-order valence-corrected chi connectivity index (χ4v) is 6.25. The Balaban J connectivity index is 1.40. The molecule has 1 aromatic heterocycles. The van der Waals surface area contributed by atoms with E-state index >= 15 is 0 Å². The molecule has 0 saturated heterocycles. The Morgan fingerprint density at radius 3 is 2.02 bits per heavy atom. The molecule has 6 rings (SSSR count). The highest BCUT2D eigenvalue weighted by atomic mass is 35.5. The molecule has 0 spiro atoms. The van der Waals surface area contributed by atoms with Crippen LogP contribution >= 0.6 is 11.6 Å². The molecule has 0 amide bonds. The zero-order valence-corrected chi connectivity index (χ0v) is 26.5. The molecule has 0 radical (unpaired) electrons. The summed E-state index contributed by atoms with van der Waals surface area (Å²) >= 11 is 6.58. The molecule has 0 bridgehead atoms. The van der Waals surface area contributed by atoms with E-state index in [2.05, 4.69) is 34.1 Å². The fraction of sp³-hybridized carbons (Fsp3) is 0.154. The molecule has 0 atom stereocenters. The first-order chi connectivity index (χ1) is 23.2. The van der Waals surface area contributed by atoms with Crippen molar-refractivity contribution in [1.82, 2.24) is 4.57 Å². The minimum absolute atomic E-state index is 0.177. The van der Waals surface area contributed by atoms with Crippen molar-refractivity contribution in [3.63, 3.8) is 0 Å². The summed E-state index contributed by atoms with van der Waals surface area (Å²) in [5.74, 6) is -0.453. The third-order valence-electron chi connectivity index (χ3n) is 8.30. The van der Waals surface area contributed by atoms with Gasteiger partial charge >= 0.3 is 12.1 Å². The Bertz CT molecular complexity index is 1950. The van der Waals surface area contributed by atoms with Crippen LogP contribution in [0.3, 0.4) is 0 Å². The van der Waals surface area contributed by atoms with Crippen LogP contribution in [0.4, 0.5) is 18.9 Å². The van der Waals surface area contributed by atoms with Gasteiger partial charge in [-0.1, -0.05) is 72.3 Å². The lowest BCUT2D eigenvalue weighted by Crippen LogP contribution is -2.18. The van der Waals surface area contributed by atoms with Crippen LogP contribution in [0.5, 0.6) is 5.75 Å². The number of ether oxygens (including phenoxy) is 1. The summed E-state index contributed by atoms with van der Waals surface area (Å²) in [7, 11) is 0. The van der Waals surface area contributed by atoms with Crippen LogP contribution in [-0.4, -0.2) is 28.8 Å². The van der Waals surface area contributed by atoms with Crippen LogP contribution in [0.25, 0.3) is 10.9 Å². The number of carboxylic acids is 1. The minimum atomic E-state index is -4.40. The summed E-state index contributed by atoms with van der Waals surface area (Å²) < 4.78 is 47.9. The molecular weight excluding hydrogens is 637 g/mol. The third kappa shape index (κ3) is 7.34. The molecular formula is C39H32ClF3N2O3. The molecule has 5 nitrogen and oxygen atoms in total. The number of anilines is 1. The molecule has 5 aromatic carbocycles. The van der Waals surface area contributed by atoms with Gasteiger partial charge in [0.2, 0.25) is 0 Å². The van der Waals surface area contributed by atoms with Gasteiger partial charge in [-0.3, -0.25) is 0 Å². The Morgan fingerprint density at radius 1 is 0.812 bits per heavy atom. The van der Waals surface area contributed by atoms with Crippen molar-refractivity contribution in [2.75, 3.05) is 18.5 Å². The standard InChI is InChI=1S/C39H32ClF3N2O3/c40-30-15-20-35-34(25-30)33(22-24-48-32-18-11-28(12-19-32)38(46)47)36(21-23-44-31-16-13-29(14-17-31)39(41,42)43)45(35)37(26-7-3-1-4-8-26)27-9-5-2-6-10-27/h1-20,25,37,44H,21-24H2,(H,46,47). The summed E-state index contributed by atoms with van der Waals surface area (Å²) in [6, 6.07) is 37.5.